The van der Waals surface area contributed by atoms with Crippen LogP contribution in [0.1, 0.15) is 5.82 Å². The molecule has 1 heterocycles. The third-order valence-corrected chi connectivity index (χ3v) is 0.881. The largest absolute Gasteiger partial charge is 0.340 e. The predicted molar refractivity (Wildman–Crippen MR) is 27.0 cm³/mol. The number of rotatable bonds is 1. The highest BCUT2D eigenvalue weighted by atomic mass is 35.5. The van der Waals surface area contributed by atoms with Crippen molar-refractivity contribution in [3.63, 3.8) is 0 Å². The normalized spacial score (nSPS) is 9.29. The molecule has 1 aromatic rings. The second kappa shape index (κ2) is 1.98. The van der Waals surface area contributed by atoms with Crippen LogP contribution in [0.5, 0.6) is 0 Å². The summed E-state index contributed by atoms with van der Waals surface area (Å²) < 4.78 is 0. The van der Waals surface area contributed by atoms with Gasteiger partial charge in [-0.1, -0.05) is 0 Å². The van der Waals surface area contributed by atoms with E-state index in [-0.39, 0.29) is 0 Å². The molecule has 0 aliphatic heterocycles. The van der Waals surface area contributed by atoms with E-state index in [0.717, 1.165) is 5.82 Å². The molecule has 0 aromatic carbocycles. The van der Waals surface area contributed by atoms with Gasteiger partial charge in [0.1, 0.15) is 5.82 Å². The van der Waals surface area contributed by atoms with Crippen LogP contribution in [0, 0.1) is 6.20 Å². The molecule has 0 saturated heterocycles. The molecule has 0 atom stereocenters. The first-order valence-electron chi connectivity index (χ1n) is 1.89. The van der Waals surface area contributed by atoms with Crippen molar-refractivity contribution in [1.82, 2.24) is 9.97 Å². The zero-order chi connectivity index (χ0) is 5.11. The highest BCUT2D eigenvalue weighted by molar-refractivity contribution is 6.16. The molecular formula is C4H4ClN2. The van der Waals surface area contributed by atoms with Gasteiger partial charge in [-0.3, -0.25) is 0 Å². The van der Waals surface area contributed by atoms with Crippen LogP contribution in [0.25, 0.3) is 0 Å². The first-order valence-corrected chi connectivity index (χ1v) is 2.43. The fourth-order valence-electron chi connectivity index (χ4n) is 0.326. The number of halogens is 1. The fraction of sp³-hybridized carbons (Fsp3) is 0.250. The van der Waals surface area contributed by atoms with E-state index in [0.29, 0.717) is 5.88 Å². The summed E-state index contributed by atoms with van der Waals surface area (Å²) in [6, 6.07) is 0. The molecule has 1 rings (SSSR count). The van der Waals surface area contributed by atoms with Gasteiger partial charge in [-0.05, 0) is 0 Å². The number of aromatic amines is 1. The van der Waals surface area contributed by atoms with Crippen LogP contribution in [-0.2, 0) is 5.88 Å². The fourth-order valence-corrected chi connectivity index (χ4v) is 0.462. The van der Waals surface area contributed by atoms with E-state index in [2.05, 4.69) is 16.2 Å². The van der Waals surface area contributed by atoms with Crippen molar-refractivity contribution in [2.45, 2.75) is 5.88 Å². The molecule has 0 unspecified atom stereocenters. The lowest BCUT2D eigenvalue weighted by atomic mass is 10.7. The third-order valence-electron chi connectivity index (χ3n) is 0.628. The quantitative estimate of drug-likeness (QED) is 0.543. The molecule has 7 heavy (non-hydrogen) atoms. The number of nitrogens with zero attached hydrogens (tertiary/aromatic N) is 1. The van der Waals surface area contributed by atoms with Gasteiger partial charge in [0.15, 0.2) is 0 Å². The van der Waals surface area contributed by atoms with E-state index in [1.54, 1.807) is 6.20 Å². The summed E-state index contributed by atoms with van der Waals surface area (Å²) in [4.78, 5) is 6.51. The Morgan fingerprint density at radius 2 is 2.86 bits per heavy atom. The monoisotopic (exact) mass is 115 g/mol. The van der Waals surface area contributed by atoms with Gasteiger partial charge in [0, 0.05) is 0 Å². The van der Waals surface area contributed by atoms with Gasteiger partial charge < -0.3 is 4.98 Å². The van der Waals surface area contributed by atoms with Crippen molar-refractivity contribution >= 4 is 11.6 Å². The van der Waals surface area contributed by atoms with Crippen LogP contribution < -0.4 is 0 Å². The van der Waals surface area contributed by atoms with Crippen molar-refractivity contribution < 1.29 is 0 Å². The van der Waals surface area contributed by atoms with Crippen LogP contribution in [0.4, 0.5) is 0 Å². The molecule has 0 bridgehead atoms. The summed E-state index contributed by atoms with van der Waals surface area (Å²) in [5, 5.41) is 0. The minimum absolute atomic E-state index is 0.434. The second-order valence-corrected chi connectivity index (χ2v) is 1.38. The summed E-state index contributed by atoms with van der Waals surface area (Å²) in [6.07, 6.45) is 4.21. The standard InChI is InChI=1S/C4H4ClN2/c5-3-4-6-1-2-7-4/h1H,3H2,(H,6,7). The molecule has 3 heteroatoms. The maximum Gasteiger partial charge on any atom is 0.121 e. The van der Waals surface area contributed by atoms with Crippen molar-refractivity contribution in [2.24, 2.45) is 0 Å². The van der Waals surface area contributed by atoms with Gasteiger partial charge in [0.2, 0.25) is 0 Å². The number of hydrogen-bond acceptors (Lipinski definition) is 1. The van der Waals surface area contributed by atoms with Crippen LogP contribution in [-0.4, -0.2) is 9.97 Å². The molecule has 2 nitrogen and oxygen atoms in total. The molecule has 0 saturated carbocycles. The van der Waals surface area contributed by atoms with E-state index in [1.807, 2.05) is 0 Å². The maximum atomic E-state index is 5.35. The summed E-state index contributed by atoms with van der Waals surface area (Å²) in [7, 11) is 0. The lowest BCUT2D eigenvalue weighted by Gasteiger charge is -1.77. The summed E-state index contributed by atoms with van der Waals surface area (Å²) in [5.74, 6) is 1.20. The first-order chi connectivity index (χ1) is 3.43. The number of H-pyrrole nitrogens is 1. The SMILES string of the molecule is ClCc1nc[c][nH]1. The minimum Gasteiger partial charge on any atom is -0.340 e. The zero-order valence-corrected chi connectivity index (χ0v) is 4.37. The Morgan fingerprint density at radius 3 is 3.14 bits per heavy atom. The predicted octanol–water partition coefficient (Wildman–Crippen LogP) is 0.949. The average Bonchev–Trinajstić information content (AvgIpc) is 2.14. The number of imidazole rings is 1. The van der Waals surface area contributed by atoms with Crippen LogP contribution in [0.15, 0.2) is 6.20 Å². The Morgan fingerprint density at radius 1 is 2.00 bits per heavy atom. The molecule has 0 aliphatic rings. The van der Waals surface area contributed by atoms with Crippen LogP contribution in [0.3, 0.4) is 0 Å². The summed E-state index contributed by atoms with van der Waals surface area (Å²) >= 11 is 5.35. The Bertz CT molecular complexity index is 124. The molecule has 37 valence electrons. The van der Waals surface area contributed by atoms with Gasteiger partial charge in [-0.25, -0.2) is 4.98 Å². The van der Waals surface area contributed by atoms with E-state index < -0.39 is 0 Å². The second-order valence-electron chi connectivity index (χ2n) is 1.11. The van der Waals surface area contributed by atoms with E-state index in [9.17, 15) is 0 Å². The lowest BCUT2D eigenvalue weighted by molar-refractivity contribution is 1.11. The number of nitrogens with one attached hydrogen (secondary N) is 1. The Balaban J connectivity index is 2.76. The number of aromatic nitrogens is 2. The van der Waals surface area contributed by atoms with Gasteiger partial charge in [-0.2, -0.15) is 0 Å². The van der Waals surface area contributed by atoms with Crippen molar-refractivity contribution in [3.8, 4) is 0 Å². The van der Waals surface area contributed by atoms with Gasteiger partial charge in [-0.15, -0.1) is 11.6 Å². The highest BCUT2D eigenvalue weighted by Crippen LogP contribution is 1.90. The molecule has 1 radical (unpaired) electrons. The highest BCUT2D eigenvalue weighted by Gasteiger charge is 1.85. The van der Waals surface area contributed by atoms with E-state index in [4.69, 9.17) is 11.6 Å². The number of hydrogen-bond donors (Lipinski definition) is 1. The average molecular weight is 116 g/mol. The molecule has 0 amide bonds. The maximum absolute atomic E-state index is 5.35. The number of alkyl halides is 1. The summed E-state index contributed by atoms with van der Waals surface area (Å²) in [6.45, 7) is 0. The van der Waals surface area contributed by atoms with Gasteiger partial charge in [0.05, 0.1) is 18.3 Å². The molecular weight excluding hydrogens is 112 g/mol. The molecule has 0 fully saturated rings. The molecule has 1 aromatic heterocycles. The van der Waals surface area contributed by atoms with Gasteiger partial charge in [0.25, 0.3) is 0 Å². The molecule has 0 spiro atoms. The first kappa shape index (κ1) is 4.65. The van der Waals surface area contributed by atoms with Crippen molar-refractivity contribution in [3.05, 3.63) is 18.2 Å². The zero-order valence-electron chi connectivity index (χ0n) is 3.61. The van der Waals surface area contributed by atoms with Crippen molar-refractivity contribution in [1.29, 1.82) is 0 Å². The topological polar surface area (TPSA) is 28.7 Å². The van der Waals surface area contributed by atoms with Crippen LogP contribution in [0.2, 0.25) is 0 Å². The summed E-state index contributed by atoms with van der Waals surface area (Å²) in [5.41, 5.74) is 0. The minimum atomic E-state index is 0.434. The Hall–Kier alpha value is -0.500. The van der Waals surface area contributed by atoms with E-state index >= 15 is 0 Å². The Kier molecular flexibility index (Phi) is 1.32. The van der Waals surface area contributed by atoms with E-state index in [1.165, 1.54) is 0 Å². The van der Waals surface area contributed by atoms with Gasteiger partial charge >= 0.3 is 0 Å². The lowest BCUT2D eigenvalue weighted by Crippen LogP contribution is -1.76. The smallest absolute Gasteiger partial charge is 0.121 e. The third kappa shape index (κ3) is 0.933. The van der Waals surface area contributed by atoms with Crippen LogP contribution >= 0.6 is 11.6 Å². The van der Waals surface area contributed by atoms with Crippen molar-refractivity contribution in [2.75, 3.05) is 0 Å². The molecule has 1 N–H and O–H groups in total. The molecule has 0 aliphatic carbocycles. The Labute approximate surface area is 46.5 Å².